The van der Waals surface area contributed by atoms with Crippen LogP contribution in [0.3, 0.4) is 0 Å². The van der Waals surface area contributed by atoms with Gasteiger partial charge in [0.2, 0.25) is 0 Å². The third-order valence-electron chi connectivity index (χ3n) is 2.32. The number of hydrogen-bond donors (Lipinski definition) is 1. The van der Waals surface area contributed by atoms with Gasteiger partial charge >= 0.3 is 6.18 Å². The molecule has 0 bridgehead atoms. The molecule has 0 radical (unpaired) electrons. The summed E-state index contributed by atoms with van der Waals surface area (Å²) in [5.74, 6) is 0. The SMILES string of the molecule is CC1=CC(C(F)(F)F)=C(CN)CN1C. The van der Waals surface area contributed by atoms with Crippen molar-refractivity contribution in [2.75, 3.05) is 20.1 Å². The van der Waals surface area contributed by atoms with Crippen molar-refractivity contribution in [3.8, 4) is 0 Å². The molecule has 0 aromatic carbocycles. The maximum Gasteiger partial charge on any atom is 0.416 e. The summed E-state index contributed by atoms with van der Waals surface area (Å²) in [6.07, 6.45) is -3.15. The van der Waals surface area contributed by atoms with Gasteiger partial charge in [0.05, 0.1) is 5.57 Å². The summed E-state index contributed by atoms with van der Waals surface area (Å²) in [6, 6.07) is 0. The van der Waals surface area contributed by atoms with Crippen LogP contribution < -0.4 is 5.73 Å². The highest BCUT2D eigenvalue weighted by atomic mass is 19.4. The summed E-state index contributed by atoms with van der Waals surface area (Å²) in [6.45, 7) is 1.86. The lowest BCUT2D eigenvalue weighted by Gasteiger charge is -2.28. The molecule has 1 rings (SSSR count). The monoisotopic (exact) mass is 206 g/mol. The minimum atomic E-state index is -4.29. The number of alkyl halides is 3. The quantitative estimate of drug-likeness (QED) is 0.706. The van der Waals surface area contributed by atoms with Crippen LogP contribution in [0.4, 0.5) is 13.2 Å². The minimum Gasteiger partial charge on any atom is -0.374 e. The van der Waals surface area contributed by atoms with E-state index < -0.39 is 11.7 Å². The van der Waals surface area contributed by atoms with Crippen LogP contribution in [0.15, 0.2) is 22.9 Å². The Balaban J connectivity index is 3.11. The van der Waals surface area contributed by atoms with Crippen molar-refractivity contribution in [3.63, 3.8) is 0 Å². The van der Waals surface area contributed by atoms with Crippen LogP contribution in [-0.4, -0.2) is 31.2 Å². The molecule has 0 spiro atoms. The minimum absolute atomic E-state index is 0.0526. The van der Waals surface area contributed by atoms with Crippen molar-refractivity contribution in [3.05, 3.63) is 22.9 Å². The zero-order valence-corrected chi connectivity index (χ0v) is 8.15. The number of nitrogens with two attached hydrogens (primary N) is 1. The molecule has 0 unspecified atom stereocenters. The number of hydrogen-bond acceptors (Lipinski definition) is 2. The summed E-state index contributed by atoms with van der Waals surface area (Å²) < 4.78 is 37.5. The molecular formula is C9H13F3N2. The highest BCUT2D eigenvalue weighted by molar-refractivity contribution is 5.37. The smallest absolute Gasteiger partial charge is 0.374 e. The molecule has 1 heterocycles. The highest BCUT2D eigenvalue weighted by Gasteiger charge is 2.36. The zero-order chi connectivity index (χ0) is 10.9. The average Bonchev–Trinajstić information content (AvgIpc) is 2.07. The van der Waals surface area contributed by atoms with Crippen LogP contribution >= 0.6 is 0 Å². The Morgan fingerprint density at radius 1 is 1.50 bits per heavy atom. The van der Waals surface area contributed by atoms with Crippen molar-refractivity contribution < 1.29 is 13.2 Å². The van der Waals surface area contributed by atoms with Crippen LogP contribution in [0, 0.1) is 0 Å². The Labute approximate surface area is 80.9 Å². The largest absolute Gasteiger partial charge is 0.416 e. The number of likely N-dealkylation sites (N-methyl/N-ethyl adjacent to an activating group) is 1. The predicted octanol–water partition coefficient (Wildman–Crippen LogP) is 1.65. The molecule has 14 heavy (non-hydrogen) atoms. The van der Waals surface area contributed by atoms with E-state index in [9.17, 15) is 13.2 Å². The molecule has 0 saturated heterocycles. The fraction of sp³-hybridized carbons (Fsp3) is 0.556. The number of rotatable bonds is 1. The van der Waals surface area contributed by atoms with E-state index in [0.29, 0.717) is 5.70 Å². The molecule has 80 valence electrons. The van der Waals surface area contributed by atoms with Gasteiger partial charge in [0.15, 0.2) is 0 Å². The lowest BCUT2D eigenvalue weighted by molar-refractivity contribution is -0.0898. The van der Waals surface area contributed by atoms with E-state index in [1.165, 1.54) is 0 Å². The van der Waals surface area contributed by atoms with Crippen molar-refractivity contribution in [2.24, 2.45) is 5.73 Å². The summed E-state index contributed by atoms with van der Waals surface area (Å²) in [5, 5.41) is 0. The number of allylic oxidation sites excluding steroid dienone is 3. The highest BCUT2D eigenvalue weighted by Crippen LogP contribution is 2.32. The van der Waals surface area contributed by atoms with Gasteiger partial charge in [0.1, 0.15) is 0 Å². The average molecular weight is 206 g/mol. The Hall–Kier alpha value is -0.970. The van der Waals surface area contributed by atoms with Gasteiger partial charge in [-0.15, -0.1) is 0 Å². The van der Waals surface area contributed by atoms with Gasteiger partial charge in [-0.2, -0.15) is 13.2 Å². The molecule has 0 aromatic heterocycles. The van der Waals surface area contributed by atoms with E-state index in [1.54, 1.807) is 18.9 Å². The normalized spacial score (nSPS) is 18.7. The molecule has 0 saturated carbocycles. The second kappa shape index (κ2) is 3.65. The molecule has 2 N–H and O–H groups in total. The van der Waals surface area contributed by atoms with Gasteiger partial charge < -0.3 is 10.6 Å². The third-order valence-corrected chi connectivity index (χ3v) is 2.32. The summed E-state index contributed by atoms with van der Waals surface area (Å²) >= 11 is 0. The number of nitrogens with zero attached hydrogens (tertiary/aromatic N) is 1. The predicted molar refractivity (Wildman–Crippen MR) is 48.5 cm³/mol. The first-order chi connectivity index (χ1) is 6.36. The molecule has 0 aliphatic carbocycles. The van der Waals surface area contributed by atoms with Gasteiger partial charge in [-0.25, -0.2) is 0 Å². The fourth-order valence-corrected chi connectivity index (χ4v) is 1.37. The van der Waals surface area contributed by atoms with Crippen molar-refractivity contribution in [2.45, 2.75) is 13.1 Å². The Morgan fingerprint density at radius 3 is 2.50 bits per heavy atom. The second-order valence-corrected chi connectivity index (χ2v) is 3.36. The first-order valence-electron chi connectivity index (χ1n) is 4.25. The van der Waals surface area contributed by atoms with Gasteiger partial charge in [-0.1, -0.05) is 0 Å². The van der Waals surface area contributed by atoms with E-state index in [0.717, 1.165) is 6.08 Å². The van der Waals surface area contributed by atoms with E-state index in [-0.39, 0.29) is 18.7 Å². The van der Waals surface area contributed by atoms with Crippen LogP contribution in [0.5, 0.6) is 0 Å². The van der Waals surface area contributed by atoms with Crippen LogP contribution in [0.25, 0.3) is 0 Å². The standard InChI is InChI=1S/C9H13F3N2/c1-6-3-8(9(10,11)12)7(4-13)5-14(6)2/h3H,4-5,13H2,1-2H3. The third kappa shape index (κ3) is 2.09. The molecule has 0 atom stereocenters. The Bertz CT molecular complexity index is 289. The Morgan fingerprint density at radius 2 is 2.07 bits per heavy atom. The van der Waals surface area contributed by atoms with E-state index in [4.69, 9.17) is 5.73 Å². The van der Waals surface area contributed by atoms with Crippen molar-refractivity contribution >= 4 is 0 Å². The molecule has 1 aliphatic heterocycles. The maximum atomic E-state index is 12.5. The van der Waals surface area contributed by atoms with Crippen LogP contribution in [0.2, 0.25) is 0 Å². The van der Waals surface area contributed by atoms with E-state index in [1.807, 2.05) is 0 Å². The summed E-state index contributed by atoms with van der Waals surface area (Å²) in [5.41, 5.74) is 5.54. The molecule has 1 aliphatic rings. The van der Waals surface area contributed by atoms with Gasteiger partial charge in [0, 0.05) is 25.8 Å². The molecule has 0 amide bonds. The lowest BCUT2D eigenvalue weighted by Crippen LogP contribution is -2.30. The maximum absolute atomic E-state index is 12.5. The molecule has 5 heteroatoms. The van der Waals surface area contributed by atoms with Gasteiger partial charge in [-0.3, -0.25) is 0 Å². The topological polar surface area (TPSA) is 29.3 Å². The number of halogens is 3. The molecule has 0 fully saturated rings. The van der Waals surface area contributed by atoms with E-state index >= 15 is 0 Å². The van der Waals surface area contributed by atoms with Crippen molar-refractivity contribution in [1.82, 2.24) is 4.90 Å². The first-order valence-corrected chi connectivity index (χ1v) is 4.25. The summed E-state index contributed by atoms with van der Waals surface area (Å²) in [7, 11) is 1.74. The Kier molecular flexibility index (Phi) is 2.89. The molecule has 0 aromatic rings. The second-order valence-electron chi connectivity index (χ2n) is 3.36. The van der Waals surface area contributed by atoms with E-state index in [2.05, 4.69) is 0 Å². The summed E-state index contributed by atoms with van der Waals surface area (Å²) in [4.78, 5) is 1.75. The molecule has 2 nitrogen and oxygen atoms in total. The van der Waals surface area contributed by atoms with Gasteiger partial charge in [0.25, 0.3) is 0 Å². The van der Waals surface area contributed by atoms with Gasteiger partial charge in [-0.05, 0) is 18.6 Å². The fourth-order valence-electron chi connectivity index (χ4n) is 1.37. The lowest BCUT2D eigenvalue weighted by atomic mass is 10.0. The van der Waals surface area contributed by atoms with Crippen molar-refractivity contribution in [1.29, 1.82) is 0 Å². The molecular weight excluding hydrogens is 193 g/mol. The zero-order valence-electron chi connectivity index (χ0n) is 8.15. The first kappa shape index (κ1) is 11.1. The van der Waals surface area contributed by atoms with Crippen LogP contribution in [0.1, 0.15) is 6.92 Å². The van der Waals surface area contributed by atoms with Crippen LogP contribution in [-0.2, 0) is 0 Å².